The number of rotatable bonds is 6. The van der Waals surface area contributed by atoms with Crippen LogP contribution in [0.5, 0.6) is 0 Å². The number of pyridine rings is 1. The Bertz CT molecular complexity index is 594. The normalized spacial score (nSPS) is 22.2. The third-order valence-corrected chi connectivity index (χ3v) is 4.35. The van der Waals surface area contributed by atoms with Crippen molar-refractivity contribution in [3.05, 3.63) is 23.0 Å². The van der Waals surface area contributed by atoms with Gasteiger partial charge >= 0.3 is 0 Å². The van der Waals surface area contributed by atoms with Crippen molar-refractivity contribution >= 4 is 23.2 Å². The number of hydrogen-bond donors (Lipinski definition) is 4. The van der Waals surface area contributed by atoms with Gasteiger partial charge in [-0.2, -0.15) is 0 Å². The summed E-state index contributed by atoms with van der Waals surface area (Å²) >= 11 is 5.89. The van der Waals surface area contributed by atoms with Crippen molar-refractivity contribution < 1.29 is 19.4 Å². The zero-order valence-corrected chi connectivity index (χ0v) is 14.5. The third kappa shape index (κ3) is 4.78. The molecule has 0 radical (unpaired) electrons. The van der Waals surface area contributed by atoms with Crippen LogP contribution in [0.3, 0.4) is 0 Å². The van der Waals surface area contributed by atoms with Gasteiger partial charge in [-0.1, -0.05) is 11.6 Å². The number of nitrogens with zero attached hydrogens (tertiary/aromatic N) is 1. The molecule has 1 amide bonds. The first-order chi connectivity index (χ1) is 11.2. The molecule has 1 aliphatic rings. The van der Waals surface area contributed by atoms with Gasteiger partial charge in [0.05, 0.1) is 35.5 Å². The van der Waals surface area contributed by atoms with Gasteiger partial charge in [-0.25, -0.2) is 9.37 Å². The number of aliphatic hydroxyl groups excluding tert-OH is 1. The quantitative estimate of drug-likeness (QED) is 0.582. The molecule has 3 atom stereocenters. The molecule has 1 heterocycles. The molecule has 1 aromatic rings. The highest BCUT2D eigenvalue weighted by atomic mass is 35.5. The van der Waals surface area contributed by atoms with E-state index in [9.17, 15) is 19.4 Å². The molecular formula is C16H23ClFN3O3. The molecule has 24 heavy (non-hydrogen) atoms. The molecule has 1 aliphatic carbocycles. The van der Waals surface area contributed by atoms with Crippen molar-refractivity contribution in [1.29, 1.82) is 0 Å². The Morgan fingerprint density at radius 2 is 2.25 bits per heavy atom. The number of alkyl halides is 1. The van der Waals surface area contributed by atoms with E-state index in [1.807, 2.05) is 0 Å². The maximum atomic E-state index is 13.8. The second-order valence-corrected chi connectivity index (χ2v) is 7.02. The van der Waals surface area contributed by atoms with E-state index in [-0.39, 0.29) is 23.3 Å². The second kappa shape index (κ2) is 7.63. The summed E-state index contributed by atoms with van der Waals surface area (Å²) < 4.78 is 13.8. The summed E-state index contributed by atoms with van der Waals surface area (Å²) in [6.07, 6.45) is 1.60. The number of aliphatic hydroxyl groups is 2. The molecule has 8 heteroatoms. The molecule has 1 unspecified atom stereocenters. The van der Waals surface area contributed by atoms with Gasteiger partial charge in [0, 0.05) is 6.20 Å². The summed E-state index contributed by atoms with van der Waals surface area (Å²) in [5.41, 5.74) is -0.890. The van der Waals surface area contributed by atoms with Crippen LogP contribution in [-0.4, -0.2) is 51.6 Å². The molecule has 4 N–H and O–H groups in total. The van der Waals surface area contributed by atoms with Crippen molar-refractivity contribution in [1.82, 2.24) is 10.3 Å². The van der Waals surface area contributed by atoms with Gasteiger partial charge in [0.25, 0.3) is 5.91 Å². The fourth-order valence-corrected chi connectivity index (χ4v) is 2.72. The van der Waals surface area contributed by atoms with Gasteiger partial charge in [0.2, 0.25) is 0 Å². The lowest BCUT2D eigenvalue weighted by atomic mass is 10.0. The zero-order chi connectivity index (χ0) is 17.9. The summed E-state index contributed by atoms with van der Waals surface area (Å²) in [6.45, 7) is 2.35. The topological polar surface area (TPSA) is 94.5 Å². The average Bonchev–Trinajstić information content (AvgIpc) is 2.89. The van der Waals surface area contributed by atoms with Crippen LogP contribution in [0.1, 0.15) is 43.5 Å². The summed E-state index contributed by atoms with van der Waals surface area (Å²) in [6, 6.07) is 1.34. The molecule has 1 aromatic heterocycles. The first-order valence-electron chi connectivity index (χ1n) is 7.93. The Kier molecular flexibility index (Phi) is 6.01. The SMILES string of the molecule is CC(C)(O)C(F)CNC(=O)c1cnc(Cl)cc1N[C@@H]1CCC[C@H]1O. The van der Waals surface area contributed by atoms with E-state index in [0.717, 1.165) is 12.8 Å². The molecule has 0 spiro atoms. The highest BCUT2D eigenvalue weighted by molar-refractivity contribution is 6.29. The van der Waals surface area contributed by atoms with E-state index < -0.39 is 23.8 Å². The first-order valence-corrected chi connectivity index (χ1v) is 8.31. The van der Waals surface area contributed by atoms with Crippen molar-refractivity contribution in [2.24, 2.45) is 0 Å². The maximum absolute atomic E-state index is 13.8. The number of amides is 1. The number of anilines is 1. The summed E-state index contributed by atoms with van der Waals surface area (Å²) in [5.74, 6) is -0.527. The molecule has 1 fully saturated rings. The van der Waals surface area contributed by atoms with Gasteiger partial charge < -0.3 is 20.8 Å². The third-order valence-electron chi connectivity index (χ3n) is 4.14. The Balaban J connectivity index is 2.09. The van der Waals surface area contributed by atoms with Crippen molar-refractivity contribution in [2.75, 3.05) is 11.9 Å². The van der Waals surface area contributed by atoms with E-state index >= 15 is 0 Å². The highest BCUT2D eigenvalue weighted by Crippen LogP contribution is 2.26. The van der Waals surface area contributed by atoms with E-state index in [1.165, 1.54) is 26.1 Å². The fourth-order valence-electron chi connectivity index (χ4n) is 2.57. The zero-order valence-electron chi connectivity index (χ0n) is 13.7. The number of carbonyl (C=O) groups is 1. The Morgan fingerprint density at radius 3 is 2.83 bits per heavy atom. The lowest BCUT2D eigenvalue weighted by Gasteiger charge is -2.23. The minimum absolute atomic E-state index is 0.166. The highest BCUT2D eigenvalue weighted by Gasteiger charge is 2.28. The molecule has 1 saturated carbocycles. The minimum Gasteiger partial charge on any atom is -0.391 e. The Hall–Kier alpha value is -1.44. The molecule has 2 rings (SSSR count). The monoisotopic (exact) mass is 359 g/mol. The predicted molar refractivity (Wildman–Crippen MR) is 90.0 cm³/mol. The maximum Gasteiger partial charge on any atom is 0.255 e. The molecule has 134 valence electrons. The Labute approximate surface area is 145 Å². The fraction of sp³-hybridized carbons (Fsp3) is 0.625. The smallest absolute Gasteiger partial charge is 0.255 e. The van der Waals surface area contributed by atoms with Crippen LogP contribution in [0.15, 0.2) is 12.3 Å². The number of aromatic nitrogens is 1. The molecule has 0 aromatic carbocycles. The predicted octanol–water partition coefficient (Wildman–Crippen LogP) is 1.90. The van der Waals surface area contributed by atoms with Gasteiger partial charge in [0.1, 0.15) is 11.3 Å². The number of halogens is 2. The molecule has 0 saturated heterocycles. The standard InChI is InChI=1S/C16H23ClFN3O3/c1-16(2,24)13(18)8-20-15(23)9-7-19-14(17)6-11(9)21-10-4-3-5-12(10)22/h6-7,10,12-13,22,24H,3-5,8H2,1-2H3,(H,19,21)(H,20,23)/t10-,12-,13?/m1/s1. The number of nitrogens with one attached hydrogen (secondary N) is 2. The van der Waals surface area contributed by atoms with Crippen LogP contribution in [0.25, 0.3) is 0 Å². The minimum atomic E-state index is -1.60. The van der Waals surface area contributed by atoms with Gasteiger partial charge in [0.15, 0.2) is 0 Å². The van der Waals surface area contributed by atoms with Crippen LogP contribution in [0, 0.1) is 0 Å². The second-order valence-electron chi connectivity index (χ2n) is 6.63. The van der Waals surface area contributed by atoms with E-state index in [1.54, 1.807) is 0 Å². The molecule has 0 bridgehead atoms. The number of hydrogen-bond acceptors (Lipinski definition) is 5. The van der Waals surface area contributed by atoms with Gasteiger partial charge in [-0.05, 0) is 39.2 Å². The van der Waals surface area contributed by atoms with Crippen molar-refractivity contribution in [3.8, 4) is 0 Å². The van der Waals surface area contributed by atoms with E-state index in [4.69, 9.17) is 11.6 Å². The van der Waals surface area contributed by atoms with E-state index in [0.29, 0.717) is 12.1 Å². The molecule has 0 aliphatic heterocycles. The summed E-state index contributed by atoms with van der Waals surface area (Å²) in [7, 11) is 0. The van der Waals surface area contributed by atoms with Crippen molar-refractivity contribution in [3.63, 3.8) is 0 Å². The lowest BCUT2D eigenvalue weighted by Crippen LogP contribution is -2.42. The molecular weight excluding hydrogens is 337 g/mol. The van der Waals surface area contributed by atoms with Crippen LogP contribution in [0.2, 0.25) is 5.15 Å². The van der Waals surface area contributed by atoms with Crippen molar-refractivity contribution in [2.45, 2.75) is 57.0 Å². The lowest BCUT2D eigenvalue weighted by molar-refractivity contribution is -0.00177. The number of carbonyl (C=O) groups excluding carboxylic acids is 1. The summed E-state index contributed by atoms with van der Waals surface area (Å²) in [5, 5.41) is 25.3. The van der Waals surface area contributed by atoms with Crippen LogP contribution in [0.4, 0.5) is 10.1 Å². The first kappa shape index (κ1) is 18.9. The average molecular weight is 360 g/mol. The van der Waals surface area contributed by atoms with Crippen LogP contribution < -0.4 is 10.6 Å². The van der Waals surface area contributed by atoms with E-state index in [2.05, 4.69) is 15.6 Å². The van der Waals surface area contributed by atoms with Crippen LogP contribution in [-0.2, 0) is 0 Å². The Morgan fingerprint density at radius 1 is 1.54 bits per heavy atom. The van der Waals surface area contributed by atoms with Gasteiger partial charge in [-0.15, -0.1) is 0 Å². The van der Waals surface area contributed by atoms with Crippen LogP contribution >= 0.6 is 11.6 Å². The van der Waals surface area contributed by atoms with Gasteiger partial charge in [-0.3, -0.25) is 4.79 Å². The largest absolute Gasteiger partial charge is 0.391 e. The summed E-state index contributed by atoms with van der Waals surface area (Å²) in [4.78, 5) is 16.2. The molecule has 6 nitrogen and oxygen atoms in total.